The summed E-state index contributed by atoms with van der Waals surface area (Å²) in [5.41, 5.74) is 5.31. The summed E-state index contributed by atoms with van der Waals surface area (Å²) < 4.78 is 0.191. The summed E-state index contributed by atoms with van der Waals surface area (Å²) in [7, 11) is 0. The Balaban J connectivity index is 1.78. The number of hydrogen-bond donors (Lipinski definition) is 5. The van der Waals surface area contributed by atoms with Gasteiger partial charge in [-0.1, -0.05) is 19.8 Å². The molecule has 9 heteroatoms. The molecule has 5 N–H and O–H groups in total. The minimum atomic E-state index is -0.340. The Bertz CT molecular complexity index is 656. The van der Waals surface area contributed by atoms with Gasteiger partial charge in [-0.15, -0.1) is 0 Å². The number of rotatable bonds is 3. The first-order valence-electron chi connectivity index (χ1n) is 7.62. The SMILES string of the molecule is C[C@H]1CCCC[C@@H]1NC(=S)NNC(=O)Cc1cc(=O)[nH]c(=S)[nH]1. The van der Waals surface area contributed by atoms with Gasteiger partial charge in [-0.3, -0.25) is 25.4 Å². The third-order valence-corrected chi connectivity index (χ3v) is 4.33. The second-order valence-corrected chi connectivity index (χ2v) is 6.62. The minimum Gasteiger partial charge on any atom is -0.358 e. The van der Waals surface area contributed by atoms with E-state index in [1.807, 2.05) is 0 Å². The van der Waals surface area contributed by atoms with E-state index in [0.717, 1.165) is 6.42 Å². The molecule has 0 saturated heterocycles. The number of H-pyrrole nitrogens is 2. The highest BCUT2D eigenvalue weighted by Crippen LogP contribution is 2.23. The average Bonchev–Trinajstić information content (AvgIpc) is 2.46. The molecule has 1 aliphatic carbocycles. The van der Waals surface area contributed by atoms with Gasteiger partial charge in [0, 0.05) is 17.8 Å². The van der Waals surface area contributed by atoms with Gasteiger partial charge in [-0.2, -0.15) is 0 Å². The molecule has 0 aromatic carbocycles. The predicted octanol–water partition coefficient (Wildman–Crippen LogP) is 1.05. The van der Waals surface area contributed by atoms with E-state index in [1.54, 1.807) is 0 Å². The lowest BCUT2D eigenvalue weighted by atomic mass is 9.86. The molecule has 0 spiro atoms. The second kappa shape index (κ2) is 8.21. The highest BCUT2D eigenvalue weighted by molar-refractivity contribution is 7.80. The van der Waals surface area contributed by atoms with Gasteiger partial charge in [0.25, 0.3) is 5.56 Å². The van der Waals surface area contributed by atoms with Crippen molar-refractivity contribution >= 4 is 35.5 Å². The van der Waals surface area contributed by atoms with Crippen molar-refractivity contribution in [2.45, 2.75) is 45.1 Å². The lowest BCUT2D eigenvalue weighted by molar-refractivity contribution is -0.121. The summed E-state index contributed by atoms with van der Waals surface area (Å²) in [6.07, 6.45) is 4.73. The van der Waals surface area contributed by atoms with E-state index < -0.39 is 0 Å². The zero-order chi connectivity index (χ0) is 16.8. The van der Waals surface area contributed by atoms with Gasteiger partial charge >= 0.3 is 0 Å². The molecule has 1 aromatic heterocycles. The molecule has 7 nitrogen and oxygen atoms in total. The summed E-state index contributed by atoms with van der Waals surface area (Å²) in [6, 6.07) is 1.64. The van der Waals surface area contributed by atoms with Gasteiger partial charge in [0.05, 0.1) is 6.42 Å². The van der Waals surface area contributed by atoms with Crippen molar-refractivity contribution in [2.75, 3.05) is 0 Å². The van der Waals surface area contributed by atoms with Crippen LogP contribution < -0.4 is 21.7 Å². The molecule has 1 fully saturated rings. The van der Waals surface area contributed by atoms with E-state index in [4.69, 9.17) is 24.4 Å². The first kappa shape index (κ1) is 17.6. The molecule has 0 radical (unpaired) electrons. The lowest BCUT2D eigenvalue weighted by Gasteiger charge is -2.30. The van der Waals surface area contributed by atoms with Crippen LogP contribution in [0.25, 0.3) is 0 Å². The fraction of sp³-hybridized carbons (Fsp3) is 0.571. The monoisotopic (exact) mass is 355 g/mol. The van der Waals surface area contributed by atoms with Crippen LogP contribution in [0.4, 0.5) is 0 Å². The van der Waals surface area contributed by atoms with Crippen LogP contribution in [0.3, 0.4) is 0 Å². The molecule has 2 rings (SSSR count). The first-order valence-corrected chi connectivity index (χ1v) is 8.43. The zero-order valence-corrected chi connectivity index (χ0v) is 14.5. The largest absolute Gasteiger partial charge is 0.358 e. The number of hydrazine groups is 1. The number of thiocarbonyl (C=S) groups is 1. The maximum Gasteiger partial charge on any atom is 0.251 e. The number of aromatic amines is 2. The van der Waals surface area contributed by atoms with Crippen molar-refractivity contribution in [1.82, 2.24) is 26.1 Å². The minimum absolute atomic E-state index is 0.00298. The summed E-state index contributed by atoms with van der Waals surface area (Å²) in [5, 5.41) is 3.63. The van der Waals surface area contributed by atoms with Crippen molar-refractivity contribution in [3.05, 3.63) is 26.9 Å². The van der Waals surface area contributed by atoms with Crippen molar-refractivity contribution in [3.8, 4) is 0 Å². The molecule has 1 aliphatic rings. The summed E-state index contributed by atoms with van der Waals surface area (Å²) in [5.74, 6) is 0.248. The molecule has 0 aliphatic heterocycles. The van der Waals surface area contributed by atoms with E-state index in [1.165, 1.54) is 25.3 Å². The van der Waals surface area contributed by atoms with E-state index in [-0.39, 0.29) is 22.7 Å². The maximum absolute atomic E-state index is 11.9. The normalized spacial score (nSPS) is 20.6. The Labute approximate surface area is 144 Å². The molecule has 1 aromatic rings. The quantitative estimate of drug-likeness (QED) is 0.410. The summed E-state index contributed by atoms with van der Waals surface area (Å²) >= 11 is 10.1. The molecule has 126 valence electrons. The molecule has 1 amide bonds. The number of aromatic nitrogens is 2. The predicted molar refractivity (Wildman–Crippen MR) is 94.4 cm³/mol. The van der Waals surface area contributed by atoms with Gasteiger partial charge in [0.1, 0.15) is 0 Å². The molecular weight excluding hydrogens is 334 g/mol. The topological polar surface area (TPSA) is 102 Å². The molecule has 0 bridgehead atoms. The highest BCUT2D eigenvalue weighted by Gasteiger charge is 2.21. The third-order valence-electron chi connectivity index (χ3n) is 3.91. The zero-order valence-electron chi connectivity index (χ0n) is 12.9. The van der Waals surface area contributed by atoms with E-state index >= 15 is 0 Å². The van der Waals surface area contributed by atoms with Gasteiger partial charge < -0.3 is 10.3 Å². The number of hydrogen-bond acceptors (Lipinski definition) is 4. The van der Waals surface area contributed by atoms with Crippen LogP contribution in [0.5, 0.6) is 0 Å². The first-order chi connectivity index (χ1) is 10.9. The van der Waals surface area contributed by atoms with Crippen molar-refractivity contribution < 1.29 is 4.79 Å². The molecule has 23 heavy (non-hydrogen) atoms. The Morgan fingerprint density at radius 3 is 2.74 bits per heavy atom. The number of amides is 1. The van der Waals surface area contributed by atoms with Gasteiger partial charge in [-0.05, 0) is 43.2 Å². The Kier molecular flexibility index (Phi) is 6.28. The van der Waals surface area contributed by atoms with Gasteiger partial charge in [0.2, 0.25) is 5.91 Å². The van der Waals surface area contributed by atoms with Gasteiger partial charge in [0.15, 0.2) is 9.88 Å². The number of nitrogens with one attached hydrogen (secondary N) is 5. The highest BCUT2D eigenvalue weighted by atomic mass is 32.1. The molecule has 2 atom stereocenters. The van der Waals surface area contributed by atoms with E-state index in [0.29, 0.717) is 22.8 Å². The van der Waals surface area contributed by atoms with E-state index in [9.17, 15) is 9.59 Å². The van der Waals surface area contributed by atoms with Crippen LogP contribution in [-0.2, 0) is 11.2 Å². The van der Waals surface area contributed by atoms with E-state index in [2.05, 4.69) is 33.1 Å². The molecule has 0 unspecified atom stereocenters. The summed E-state index contributed by atoms with van der Waals surface area (Å²) in [6.45, 7) is 2.20. The van der Waals surface area contributed by atoms with Crippen molar-refractivity contribution in [2.24, 2.45) is 5.92 Å². The van der Waals surface area contributed by atoms with Gasteiger partial charge in [-0.25, -0.2) is 0 Å². The molecule has 1 heterocycles. The van der Waals surface area contributed by atoms with Crippen LogP contribution in [0.1, 0.15) is 38.3 Å². The van der Waals surface area contributed by atoms with Crippen molar-refractivity contribution in [3.63, 3.8) is 0 Å². The Hall–Kier alpha value is -1.74. The van der Waals surface area contributed by atoms with Crippen LogP contribution in [-0.4, -0.2) is 27.0 Å². The van der Waals surface area contributed by atoms with Crippen LogP contribution in [0.2, 0.25) is 0 Å². The van der Waals surface area contributed by atoms with Crippen molar-refractivity contribution in [1.29, 1.82) is 0 Å². The maximum atomic E-state index is 11.9. The fourth-order valence-corrected chi connectivity index (χ4v) is 3.13. The average molecular weight is 355 g/mol. The fourth-order valence-electron chi connectivity index (χ4n) is 2.69. The Morgan fingerprint density at radius 2 is 2.04 bits per heavy atom. The number of carbonyl (C=O) groups excluding carboxylic acids is 1. The molecule has 1 saturated carbocycles. The molecular formula is C14H21N5O2S2. The smallest absolute Gasteiger partial charge is 0.251 e. The lowest BCUT2D eigenvalue weighted by Crippen LogP contribution is -2.52. The van der Waals surface area contributed by atoms with Crippen LogP contribution >= 0.6 is 24.4 Å². The van der Waals surface area contributed by atoms with Crippen LogP contribution in [0, 0.1) is 10.7 Å². The standard InChI is InChI=1S/C14H21N5O2S2/c1-8-4-2-3-5-10(8)16-14(23)19-18-12(21)7-9-6-11(20)17-13(22)15-9/h6,8,10H,2-5,7H2,1H3,(H,18,21)(H2,16,19,23)(H2,15,17,20,22)/t8-,10-/m0/s1. The number of carbonyl (C=O) groups is 1. The Morgan fingerprint density at radius 1 is 1.30 bits per heavy atom. The second-order valence-electron chi connectivity index (χ2n) is 5.80. The van der Waals surface area contributed by atoms with Crippen LogP contribution in [0.15, 0.2) is 10.9 Å². The summed E-state index contributed by atoms with van der Waals surface area (Å²) in [4.78, 5) is 28.3. The third kappa shape index (κ3) is 5.76.